The van der Waals surface area contributed by atoms with E-state index in [1.807, 2.05) is 18.2 Å². The fourth-order valence-corrected chi connectivity index (χ4v) is 2.95. The fraction of sp³-hybridized carbons (Fsp3) is 0.150. The highest BCUT2D eigenvalue weighted by atomic mass is 19.1. The third kappa shape index (κ3) is 4.10. The van der Waals surface area contributed by atoms with E-state index in [2.05, 4.69) is 10.3 Å². The van der Waals surface area contributed by atoms with Gasteiger partial charge in [0.15, 0.2) is 5.84 Å². The van der Waals surface area contributed by atoms with E-state index in [1.165, 1.54) is 24.5 Å². The molecule has 3 N–H and O–H groups in total. The maximum Gasteiger partial charge on any atom is 0.242 e. The Morgan fingerprint density at radius 1 is 1.29 bits per heavy atom. The summed E-state index contributed by atoms with van der Waals surface area (Å²) in [6.45, 7) is 0.898. The van der Waals surface area contributed by atoms with E-state index in [-0.39, 0.29) is 18.3 Å². The van der Waals surface area contributed by atoms with Crippen LogP contribution in [0.1, 0.15) is 16.7 Å². The maximum atomic E-state index is 14.2. The normalized spacial score (nSPS) is 12.5. The van der Waals surface area contributed by atoms with Crippen LogP contribution in [-0.2, 0) is 17.9 Å². The second kappa shape index (κ2) is 8.22. The van der Waals surface area contributed by atoms with Gasteiger partial charge in [0.25, 0.3) is 0 Å². The Hall–Kier alpha value is -3.86. The summed E-state index contributed by atoms with van der Waals surface area (Å²) in [4.78, 5) is 17.6. The molecule has 140 valence electrons. The van der Waals surface area contributed by atoms with E-state index in [0.717, 1.165) is 17.3 Å². The molecule has 1 amide bonds. The van der Waals surface area contributed by atoms with Crippen molar-refractivity contribution in [1.82, 2.24) is 10.2 Å². The SMILES string of the molecule is N#Cc1ccc(F)c(-c2ccc3c(c2)CN(C(=O)CN/C=N\C(=N)C=N)C3)c1. The molecule has 0 spiro atoms. The molecule has 0 bridgehead atoms. The molecule has 0 aromatic heterocycles. The van der Waals surface area contributed by atoms with Crippen LogP contribution >= 0.6 is 0 Å². The molecule has 8 heteroatoms. The molecule has 0 aliphatic carbocycles. The molecular weight excluding hydrogens is 359 g/mol. The van der Waals surface area contributed by atoms with E-state index in [1.54, 1.807) is 11.0 Å². The smallest absolute Gasteiger partial charge is 0.242 e. The molecule has 0 fully saturated rings. The number of aliphatic imine (C=N–C) groups is 1. The first-order valence-electron chi connectivity index (χ1n) is 8.46. The van der Waals surface area contributed by atoms with Crippen molar-refractivity contribution in [3.8, 4) is 17.2 Å². The van der Waals surface area contributed by atoms with Crippen LogP contribution < -0.4 is 5.32 Å². The summed E-state index contributed by atoms with van der Waals surface area (Å²) in [5.41, 5.74) is 3.34. The molecule has 1 aliphatic heterocycles. The Morgan fingerprint density at radius 2 is 2.07 bits per heavy atom. The van der Waals surface area contributed by atoms with Gasteiger partial charge in [0.2, 0.25) is 5.91 Å². The number of nitrogens with zero attached hydrogens (tertiary/aromatic N) is 3. The zero-order valence-corrected chi connectivity index (χ0v) is 14.9. The molecule has 2 aromatic rings. The van der Waals surface area contributed by atoms with Gasteiger partial charge in [0, 0.05) is 18.7 Å². The van der Waals surface area contributed by atoms with Crippen LogP contribution in [0.4, 0.5) is 4.39 Å². The number of nitrogens with one attached hydrogen (secondary N) is 3. The lowest BCUT2D eigenvalue weighted by Gasteiger charge is -2.14. The number of hydrogen-bond donors (Lipinski definition) is 3. The molecule has 0 radical (unpaired) electrons. The quantitative estimate of drug-likeness (QED) is 0.550. The van der Waals surface area contributed by atoms with Gasteiger partial charge in [-0.3, -0.25) is 10.2 Å². The van der Waals surface area contributed by atoms with Crippen molar-refractivity contribution in [2.45, 2.75) is 13.1 Å². The summed E-state index contributed by atoms with van der Waals surface area (Å²) in [5.74, 6) is -0.749. The summed E-state index contributed by atoms with van der Waals surface area (Å²) < 4.78 is 14.2. The number of hydrogen-bond acceptors (Lipinski definition) is 4. The van der Waals surface area contributed by atoms with Gasteiger partial charge in [-0.1, -0.05) is 12.1 Å². The second-order valence-electron chi connectivity index (χ2n) is 6.21. The van der Waals surface area contributed by atoms with Crippen LogP contribution in [-0.4, -0.2) is 35.7 Å². The van der Waals surface area contributed by atoms with Crippen molar-refractivity contribution < 1.29 is 9.18 Å². The van der Waals surface area contributed by atoms with Crippen molar-refractivity contribution in [2.24, 2.45) is 4.99 Å². The van der Waals surface area contributed by atoms with Crippen molar-refractivity contribution in [2.75, 3.05) is 6.54 Å². The Kier molecular flexibility index (Phi) is 5.56. The number of carbonyl (C=O) groups is 1. The minimum atomic E-state index is -0.399. The predicted molar refractivity (Wildman–Crippen MR) is 104 cm³/mol. The number of benzene rings is 2. The molecule has 0 saturated heterocycles. The second-order valence-corrected chi connectivity index (χ2v) is 6.21. The van der Waals surface area contributed by atoms with Crippen molar-refractivity contribution >= 4 is 24.3 Å². The van der Waals surface area contributed by atoms with Crippen molar-refractivity contribution in [3.63, 3.8) is 0 Å². The highest BCUT2D eigenvalue weighted by Gasteiger charge is 2.23. The number of halogens is 1. The molecule has 0 saturated carbocycles. The third-order valence-corrected chi connectivity index (χ3v) is 4.37. The van der Waals surface area contributed by atoms with Gasteiger partial charge >= 0.3 is 0 Å². The Labute approximate surface area is 161 Å². The monoisotopic (exact) mass is 376 g/mol. The Balaban J connectivity index is 1.70. The molecule has 28 heavy (non-hydrogen) atoms. The van der Waals surface area contributed by atoms with E-state index in [9.17, 15) is 9.18 Å². The summed E-state index contributed by atoms with van der Waals surface area (Å²) >= 11 is 0. The Bertz CT molecular complexity index is 1020. The summed E-state index contributed by atoms with van der Waals surface area (Å²) in [7, 11) is 0. The molecular formula is C20H17FN6O. The fourth-order valence-electron chi connectivity index (χ4n) is 2.95. The van der Waals surface area contributed by atoms with Gasteiger partial charge in [0.1, 0.15) is 5.82 Å². The highest BCUT2D eigenvalue weighted by molar-refractivity contribution is 6.28. The number of rotatable bonds is 5. The largest absolute Gasteiger partial charge is 0.367 e. The topological polar surface area (TPSA) is 116 Å². The zero-order chi connectivity index (χ0) is 20.1. The lowest BCUT2D eigenvalue weighted by molar-refractivity contribution is -0.130. The first-order chi connectivity index (χ1) is 13.5. The third-order valence-electron chi connectivity index (χ3n) is 4.37. The molecule has 2 aromatic carbocycles. The number of amides is 1. The Morgan fingerprint density at radius 3 is 2.82 bits per heavy atom. The van der Waals surface area contributed by atoms with Crippen LogP contribution in [0.25, 0.3) is 11.1 Å². The average Bonchev–Trinajstić information content (AvgIpc) is 3.14. The molecule has 7 nitrogen and oxygen atoms in total. The average molecular weight is 376 g/mol. The number of amidine groups is 1. The van der Waals surface area contributed by atoms with Gasteiger partial charge < -0.3 is 15.6 Å². The summed E-state index contributed by atoms with van der Waals surface area (Å²) in [6.07, 6.45) is 2.02. The molecule has 1 heterocycles. The van der Waals surface area contributed by atoms with Gasteiger partial charge in [-0.05, 0) is 41.0 Å². The summed E-state index contributed by atoms with van der Waals surface area (Å²) in [6, 6.07) is 11.8. The van der Waals surface area contributed by atoms with E-state index < -0.39 is 5.82 Å². The van der Waals surface area contributed by atoms with Crippen LogP contribution in [0.5, 0.6) is 0 Å². The van der Waals surface area contributed by atoms with E-state index in [0.29, 0.717) is 29.8 Å². The maximum absolute atomic E-state index is 14.2. The first kappa shape index (κ1) is 18.9. The number of nitriles is 1. The van der Waals surface area contributed by atoms with Crippen molar-refractivity contribution in [3.05, 3.63) is 58.9 Å². The van der Waals surface area contributed by atoms with Crippen LogP contribution in [0.2, 0.25) is 0 Å². The van der Waals surface area contributed by atoms with Gasteiger partial charge in [-0.15, -0.1) is 0 Å². The molecule has 0 atom stereocenters. The number of carbonyl (C=O) groups excluding carboxylic acids is 1. The van der Waals surface area contributed by atoms with Crippen LogP contribution in [0.15, 0.2) is 41.4 Å². The minimum absolute atomic E-state index is 0.0223. The highest BCUT2D eigenvalue weighted by Crippen LogP contribution is 2.30. The van der Waals surface area contributed by atoms with Crippen LogP contribution in [0, 0.1) is 28.0 Å². The van der Waals surface area contributed by atoms with Gasteiger partial charge in [-0.25, -0.2) is 9.38 Å². The molecule has 0 unspecified atom stereocenters. The lowest BCUT2D eigenvalue weighted by atomic mass is 9.99. The van der Waals surface area contributed by atoms with Gasteiger partial charge in [0.05, 0.1) is 30.7 Å². The van der Waals surface area contributed by atoms with Gasteiger partial charge in [-0.2, -0.15) is 5.26 Å². The lowest BCUT2D eigenvalue weighted by Crippen LogP contribution is -2.34. The van der Waals surface area contributed by atoms with Crippen LogP contribution in [0.3, 0.4) is 0 Å². The first-order valence-corrected chi connectivity index (χ1v) is 8.46. The van der Waals surface area contributed by atoms with E-state index in [4.69, 9.17) is 16.1 Å². The molecule has 3 rings (SSSR count). The van der Waals surface area contributed by atoms with E-state index >= 15 is 0 Å². The van der Waals surface area contributed by atoms with Crippen molar-refractivity contribution in [1.29, 1.82) is 16.1 Å². The number of fused-ring (bicyclic) bond motifs is 1. The zero-order valence-electron chi connectivity index (χ0n) is 14.9. The minimum Gasteiger partial charge on any atom is -0.367 e. The molecule has 1 aliphatic rings. The predicted octanol–water partition coefficient (Wildman–Crippen LogP) is 2.45. The standard InChI is InChI=1S/C20H17FN6O/c21-18-4-1-13(7-22)5-17(18)14-2-3-15-10-27(11-16(15)6-14)20(28)9-25-12-26-19(24)8-23/h1-6,8,12,23H,9-11H2,(H2,24,25,26). The summed E-state index contributed by atoms with van der Waals surface area (Å²) in [5, 5.41) is 25.8.